The lowest BCUT2D eigenvalue weighted by molar-refractivity contribution is -0.127. The third-order valence-corrected chi connectivity index (χ3v) is 4.48. The van der Waals surface area contributed by atoms with Gasteiger partial charge in [0.2, 0.25) is 0 Å². The van der Waals surface area contributed by atoms with Crippen LogP contribution in [0.5, 0.6) is 0 Å². The van der Waals surface area contributed by atoms with Gasteiger partial charge < -0.3 is 9.84 Å². The summed E-state index contributed by atoms with van der Waals surface area (Å²) >= 11 is 0. The van der Waals surface area contributed by atoms with Gasteiger partial charge in [0.05, 0.1) is 6.61 Å². The van der Waals surface area contributed by atoms with Crippen LogP contribution < -0.4 is 0 Å². The molecular formula is C19H21F2NO2. The van der Waals surface area contributed by atoms with Crippen molar-refractivity contribution in [3.8, 4) is 0 Å². The van der Waals surface area contributed by atoms with E-state index in [0.717, 1.165) is 19.2 Å². The van der Waals surface area contributed by atoms with E-state index < -0.39 is 17.2 Å². The molecule has 3 nitrogen and oxygen atoms in total. The number of ether oxygens (including phenoxy) is 1. The summed E-state index contributed by atoms with van der Waals surface area (Å²) in [6.07, 6.45) is 0.337. The molecule has 2 aromatic rings. The Morgan fingerprint density at radius 2 is 1.88 bits per heavy atom. The largest absolute Gasteiger partial charge is 0.396 e. The Kier molecular flexibility index (Phi) is 5.23. The normalized spacial score (nSPS) is 21.8. The van der Waals surface area contributed by atoms with Crippen molar-refractivity contribution in [1.29, 1.82) is 0 Å². The maximum atomic E-state index is 13.7. The summed E-state index contributed by atoms with van der Waals surface area (Å²) in [6, 6.07) is 13.9. The fourth-order valence-corrected chi connectivity index (χ4v) is 3.26. The molecule has 3 rings (SSSR count). The zero-order valence-corrected chi connectivity index (χ0v) is 13.4. The van der Waals surface area contributed by atoms with Gasteiger partial charge in [0.15, 0.2) is 11.6 Å². The molecule has 1 aliphatic rings. The lowest BCUT2D eigenvalue weighted by atomic mass is 9.88. The molecule has 1 saturated heterocycles. The molecule has 0 unspecified atom stereocenters. The highest BCUT2D eigenvalue weighted by Crippen LogP contribution is 2.34. The van der Waals surface area contributed by atoms with Gasteiger partial charge >= 0.3 is 0 Å². The van der Waals surface area contributed by atoms with Gasteiger partial charge in [-0.3, -0.25) is 4.90 Å². The minimum absolute atomic E-state index is 0.0851. The molecule has 1 N–H and O–H groups in total. The maximum Gasteiger partial charge on any atom is 0.159 e. The second kappa shape index (κ2) is 7.38. The molecule has 0 saturated carbocycles. The van der Waals surface area contributed by atoms with Crippen molar-refractivity contribution < 1.29 is 18.6 Å². The quantitative estimate of drug-likeness (QED) is 0.913. The van der Waals surface area contributed by atoms with Crippen LogP contribution in [-0.4, -0.2) is 36.3 Å². The van der Waals surface area contributed by atoms with Gasteiger partial charge in [0.1, 0.15) is 5.60 Å². The number of rotatable bonds is 5. The first-order chi connectivity index (χ1) is 11.6. The lowest BCUT2D eigenvalue weighted by Crippen LogP contribution is -2.50. The van der Waals surface area contributed by atoms with Crippen LogP contribution in [0.15, 0.2) is 48.5 Å². The van der Waals surface area contributed by atoms with Crippen LogP contribution in [0.25, 0.3) is 0 Å². The average molecular weight is 333 g/mol. The predicted molar refractivity (Wildman–Crippen MR) is 87.4 cm³/mol. The number of benzene rings is 2. The summed E-state index contributed by atoms with van der Waals surface area (Å²) in [5.41, 5.74) is 0.923. The molecule has 1 heterocycles. The average Bonchev–Trinajstić information content (AvgIpc) is 2.59. The molecule has 0 bridgehead atoms. The third kappa shape index (κ3) is 3.64. The van der Waals surface area contributed by atoms with Crippen molar-refractivity contribution >= 4 is 0 Å². The molecule has 24 heavy (non-hydrogen) atoms. The van der Waals surface area contributed by atoms with E-state index in [1.54, 1.807) is 6.07 Å². The van der Waals surface area contributed by atoms with E-state index in [1.165, 1.54) is 11.6 Å². The summed E-state index contributed by atoms with van der Waals surface area (Å²) in [5.74, 6) is -1.77. The minimum Gasteiger partial charge on any atom is -0.396 e. The smallest absolute Gasteiger partial charge is 0.159 e. The summed E-state index contributed by atoms with van der Waals surface area (Å²) in [7, 11) is 0. The Hall–Kier alpha value is -1.82. The van der Waals surface area contributed by atoms with Crippen molar-refractivity contribution in [2.45, 2.75) is 18.6 Å². The number of hydrogen-bond donors (Lipinski definition) is 1. The van der Waals surface area contributed by atoms with Gasteiger partial charge in [-0.25, -0.2) is 8.78 Å². The highest BCUT2D eigenvalue weighted by Gasteiger charge is 2.38. The van der Waals surface area contributed by atoms with Gasteiger partial charge in [-0.1, -0.05) is 36.4 Å². The summed E-state index contributed by atoms with van der Waals surface area (Å²) in [6.45, 7) is 2.42. The van der Waals surface area contributed by atoms with E-state index in [-0.39, 0.29) is 6.61 Å². The molecule has 0 spiro atoms. The van der Waals surface area contributed by atoms with E-state index >= 15 is 0 Å². The van der Waals surface area contributed by atoms with Crippen LogP contribution in [-0.2, 0) is 16.9 Å². The predicted octanol–water partition coefficient (Wildman–Crippen LogP) is 3.07. The molecule has 0 amide bonds. The Bertz CT molecular complexity index is 676. The molecule has 1 fully saturated rings. The van der Waals surface area contributed by atoms with Crippen LogP contribution in [0.4, 0.5) is 8.78 Å². The number of aliphatic hydroxyl groups is 1. The first-order valence-electron chi connectivity index (χ1n) is 8.10. The van der Waals surface area contributed by atoms with Crippen LogP contribution in [0.1, 0.15) is 17.5 Å². The van der Waals surface area contributed by atoms with Crippen molar-refractivity contribution in [1.82, 2.24) is 4.90 Å². The molecule has 128 valence electrons. The molecule has 2 aromatic carbocycles. The second-order valence-electron chi connectivity index (χ2n) is 6.14. The summed E-state index contributed by atoms with van der Waals surface area (Å²) in [5, 5.41) is 9.48. The van der Waals surface area contributed by atoms with Gasteiger partial charge in [-0.2, -0.15) is 0 Å². The molecule has 0 aliphatic carbocycles. The first kappa shape index (κ1) is 17.0. The number of nitrogens with zero attached hydrogens (tertiary/aromatic N) is 1. The van der Waals surface area contributed by atoms with E-state index in [4.69, 9.17) is 4.74 Å². The molecule has 0 aromatic heterocycles. The van der Waals surface area contributed by atoms with Gasteiger partial charge in [-0.05, 0) is 23.3 Å². The van der Waals surface area contributed by atoms with Gasteiger partial charge in [0, 0.05) is 32.7 Å². The zero-order chi connectivity index (χ0) is 17.0. The maximum absolute atomic E-state index is 13.7. The number of hydrogen-bond acceptors (Lipinski definition) is 3. The van der Waals surface area contributed by atoms with Crippen molar-refractivity contribution in [3.63, 3.8) is 0 Å². The number of halogens is 2. The van der Waals surface area contributed by atoms with Gasteiger partial charge in [-0.15, -0.1) is 0 Å². The van der Waals surface area contributed by atoms with Crippen LogP contribution >= 0.6 is 0 Å². The van der Waals surface area contributed by atoms with E-state index in [9.17, 15) is 13.9 Å². The first-order valence-corrected chi connectivity index (χ1v) is 8.10. The second-order valence-corrected chi connectivity index (χ2v) is 6.14. The Morgan fingerprint density at radius 1 is 1.08 bits per heavy atom. The minimum atomic E-state index is -0.895. The Morgan fingerprint density at radius 3 is 2.58 bits per heavy atom. The van der Waals surface area contributed by atoms with E-state index in [2.05, 4.69) is 17.0 Å². The highest BCUT2D eigenvalue weighted by atomic mass is 19.2. The Balaban J connectivity index is 1.84. The molecule has 0 radical (unpaired) electrons. The summed E-state index contributed by atoms with van der Waals surface area (Å²) in [4.78, 5) is 2.22. The van der Waals surface area contributed by atoms with Crippen LogP contribution in [0, 0.1) is 11.6 Å². The zero-order valence-electron chi connectivity index (χ0n) is 13.4. The lowest BCUT2D eigenvalue weighted by Gasteiger charge is -2.43. The van der Waals surface area contributed by atoms with E-state index in [0.29, 0.717) is 25.1 Å². The highest BCUT2D eigenvalue weighted by molar-refractivity contribution is 5.26. The van der Waals surface area contributed by atoms with Crippen LogP contribution in [0.3, 0.4) is 0 Å². The topological polar surface area (TPSA) is 32.7 Å². The number of morpholine rings is 1. The fraction of sp³-hybridized carbons (Fsp3) is 0.368. The molecule has 1 atom stereocenters. The Labute approximate surface area is 140 Å². The van der Waals surface area contributed by atoms with E-state index in [1.807, 2.05) is 18.2 Å². The van der Waals surface area contributed by atoms with Gasteiger partial charge in [0.25, 0.3) is 0 Å². The van der Waals surface area contributed by atoms with Crippen molar-refractivity contribution in [3.05, 3.63) is 71.3 Å². The monoisotopic (exact) mass is 333 g/mol. The number of aliphatic hydroxyl groups excluding tert-OH is 1. The van der Waals surface area contributed by atoms with Crippen LogP contribution in [0.2, 0.25) is 0 Å². The molecule has 1 aliphatic heterocycles. The fourth-order valence-electron chi connectivity index (χ4n) is 3.26. The summed E-state index contributed by atoms with van der Waals surface area (Å²) < 4.78 is 32.9. The third-order valence-electron chi connectivity index (χ3n) is 4.48. The molecular weight excluding hydrogens is 312 g/mol. The van der Waals surface area contributed by atoms with Crippen molar-refractivity contribution in [2.75, 3.05) is 26.3 Å². The molecule has 5 heteroatoms. The van der Waals surface area contributed by atoms with Crippen molar-refractivity contribution in [2.24, 2.45) is 0 Å². The standard InChI is InChI=1S/C19H21F2NO2/c20-17-7-6-16(12-18(17)21)19(8-10-23)14-22(9-11-24-19)13-15-4-2-1-3-5-15/h1-7,12,23H,8-11,13-14H2/t19-/m1/s1. The SMILES string of the molecule is OCC[C@]1(c2ccc(F)c(F)c2)CN(Cc2ccccc2)CCO1.